The quantitative estimate of drug-likeness (QED) is 0.919. The van der Waals surface area contributed by atoms with Gasteiger partial charge in [0.15, 0.2) is 0 Å². The molecule has 2 aliphatic rings. The van der Waals surface area contributed by atoms with Crippen molar-refractivity contribution in [2.45, 2.75) is 51.2 Å². The number of aryl methyl sites for hydroxylation is 1. The van der Waals surface area contributed by atoms with E-state index < -0.39 is 0 Å². The van der Waals surface area contributed by atoms with Crippen LogP contribution in [0.25, 0.3) is 0 Å². The Morgan fingerprint density at radius 1 is 1.25 bits per heavy atom. The summed E-state index contributed by atoms with van der Waals surface area (Å²) in [4.78, 5) is 2.62. The highest BCUT2D eigenvalue weighted by atomic mass is 16.5. The fourth-order valence-corrected chi connectivity index (χ4v) is 3.74. The van der Waals surface area contributed by atoms with E-state index in [2.05, 4.69) is 17.9 Å². The summed E-state index contributed by atoms with van der Waals surface area (Å²) in [5.41, 5.74) is 2.78. The van der Waals surface area contributed by atoms with Crippen LogP contribution in [0.2, 0.25) is 0 Å². The molecule has 0 amide bonds. The second-order valence-electron chi connectivity index (χ2n) is 5.98. The molecule has 1 fully saturated rings. The van der Waals surface area contributed by atoms with Crippen LogP contribution < -0.4 is 0 Å². The number of likely N-dealkylation sites (tertiary alicyclic amines) is 1. The summed E-state index contributed by atoms with van der Waals surface area (Å²) in [5.74, 6) is 0.402. The van der Waals surface area contributed by atoms with Gasteiger partial charge in [0, 0.05) is 25.7 Å². The third-order valence-corrected chi connectivity index (χ3v) is 4.73. The van der Waals surface area contributed by atoms with E-state index in [9.17, 15) is 5.11 Å². The number of benzene rings is 1. The average molecular weight is 275 g/mol. The molecule has 0 aromatic heterocycles. The number of fused-ring (bicyclic) bond motifs is 1. The van der Waals surface area contributed by atoms with E-state index in [1.807, 2.05) is 12.1 Å². The fraction of sp³-hybridized carbons (Fsp3) is 0.647. The van der Waals surface area contributed by atoms with E-state index in [1.54, 1.807) is 0 Å². The van der Waals surface area contributed by atoms with Crippen LogP contribution in [0.4, 0.5) is 0 Å². The zero-order valence-corrected chi connectivity index (χ0v) is 12.3. The molecule has 1 aliphatic carbocycles. The number of aromatic hydroxyl groups is 1. The van der Waals surface area contributed by atoms with Gasteiger partial charge in [0.2, 0.25) is 0 Å². The first-order valence-corrected chi connectivity index (χ1v) is 7.95. The van der Waals surface area contributed by atoms with Crippen molar-refractivity contribution in [3.63, 3.8) is 0 Å². The van der Waals surface area contributed by atoms with Gasteiger partial charge in [0.1, 0.15) is 5.75 Å². The maximum Gasteiger partial charge on any atom is 0.115 e. The lowest BCUT2D eigenvalue weighted by atomic mass is 9.85. The van der Waals surface area contributed by atoms with Gasteiger partial charge < -0.3 is 9.84 Å². The molecule has 1 saturated heterocycles. The zero-order valence-electron chi connectivity index (χ0n) is 12.3. The summed E-state index contributed by atoms with van der Waals surface area (Å²) < 4.78 is 5.74. The first kappa shape index (κ1) is 13.9. The Hall–Kier alpha value is -1.06. The largest absolute Gasteiger partial charge is 0.508 e. The van der Waals surface area contributed by atoms with Crippen LogP contribution >= 0.6 is 0 Å². The topological polar surface area (TPSA) is 32.7 Å². The molecule has 3 rings (SSSR count). The zero-order chi connectivity index (χ0) is 13.9. The lowest BCUT2D eigenvalue weighted by molar-refractivity contribution is 0.00165. The molecular weight excluding hydrogens is 250 g/mol. The fourth-order valence-electron chi connectivity index (χ4n) is 3.74. The number of hydrogen-bond donors (Lipinski definition) is 1. The summed E-state index contributed by atoms with van der Waals surface area (Å²) in [7, 11) is 0. The molecule has 0 saturated carbocycles. The molecule has 1 N–H and O–H groups in total. The Kier molecular flexibility index (Phi) is 4.27. The van der Waals surface area contributed by atoms with Crippen LogP contribution in [-0.4, -0.2) is 35.8 Å². The molecule has 1 aliphatic heterocycles. The van der Waals surface area contributed by atoms with Gasteiger partial charge in [-0.15, -0.1) is 0 Å². The molecule has 0 radical (unpaired) electrons. The van der Waals surface area contributed by atoms with Crippen molar-refractivity contribution < 1.29 is 9.84 Å². The summed E-state index contributed by atoms with van der Waals surface area (Å²) in [5, 5.41) is 9.65. The van der Waals surface area contributed by atoms with Crippen LogP contribution in [-0.2, 0) is 11.2 Å². The third-order valence-electron chi connectivity index (χ3n) is 4.73. The molecule has 1 atom stereocenters. The van der Waals surface area contributed by atoms with Crippen LogP contribution in [0.3, 0.4) is 0 Å². The number of nitrogens with zero attached hydrogens (tertiary/aromatic N) is 1. The van der Waals surface area contributed by atoms with Gasteiger partial charge in [-0.2, -0.15) is 0 Å². The third kappa shape index (κ3) is 2.84. The summed E-state index contributed by atoms with van der Waals surface area (Å²) in [6.45, 7) is 5.18. The lowest BCUT2D eigenvalue weighted by Crippen LogP contribution is -2.40. The number of phenols is 1. The van der Waals surface area contributed by atoms with Crippen molar-refractivity contribution in [2.24, 2.45) is 0 Å². The standard InChI is InChI=1S/C17H25NO2/c1-2-20-15-8-10-18(11-9-15)17-5-3-4-13-12-14(19)6-7-16(13)17/h6-7,12,15,17,19H,2-5,8-11H2,1H3. The van der Waals surface area contributed by atoms with Gasteiger partial charge in [-0.3, -0.25) is 4.90 Å². The molecule has 3 heteroatoms. The van der Waals surface area contributed by atoms with Gasteiger partial charge in [-0.25, -0.2) is 0 Å². The minimum atomic E-state index is 0.402. The van der Waals surface area contributed by atoms with E-state index in [4.69, 9.17) is 4.74 Å². The lowest BCUT2D eigenvalue weighted by Gasteiger charge is -2.40. The van der Waals surface area contributed by atoms with Crippen molar-refractivity contribution in [1.29, 1.82) is 0 Å². The molecule has 3 nitrogen and oxygen atoms in total. The van der Waals surface area contributed by atoms with Crippen molar-refractivity contribution in [3.05, 3.63) is 29.3 Å². The van der Waals surface area contributed by atoms with Gasteiger partial charge in [0.05, 0.1) is 6.10 Å². The molecule has 0 bridgehead atoms. The molecule has 1 heterocycles. The Balaban J connectivity index is 1.70. The van der Waals surface area contributed by atoms with Gasteiger partial charge in [-0.1, -0.05) is 6.07 Å². The van der Waals surface area contributed by atoms with Gasteiger partial charge in [0.25, 0.3) is 0 Å². The van der Waals surface area contributed by atoms with Crippen LogP contribution in [0, 0.1) is 0 Å². The van der Waals surface area contributed by atoms with Crippen molar-refractivity contribution in [1.82, 2.24) is 4.90 Å². The maximum absolute atomic E-state index is 9.65. The molecule has 20 heavy (non-hydrogen) atoms. The van der Waals surface area contributed by atoms with E-state index in [1.165, 1.54) is 24.0 Å². The summed E-state index contributed by atoms with van der Waals surface area (Å²) in [6, 6.07) is 6.46. The van der Waals surface area contributed by atoms with Crippen LogP contribution in [0.15, 0.2) is 18.2 Å². The maximum atomic E-state index is 9.65. The normalized spacial score (nSPS) is 24.6. The van der Waals surface area contributed by atoms with E-state index in [0.717, 1.165) is 39.0 Å². The minimum Gasteiger partial charge on any atom is -0.508 e. The summed E-state index contributed by atoms with van der Waals surface area (Å²) >= 11 is 0. The van der Waals surface area contributed by atoms with Crippen LogP contribution in [0.1, 0.15) is 49.8 Å². The number of piperidine rings is 1. The van der Waals surface area contributed by atoms with Crippen molar-refractivity contribution in [3.8, 4) is 5.75 Å². The first-order chi connectivity index (χ1) is 9.78. The smallest absolute Gasteiger partial charge is 0.115 e. The molecule has 1 aromatic rings. The molecule has 110 valence electrons. The second kappa shape index (κ2) is 6.15. The molecular formula is C17H25NO2. The highest BCUT2D eigenvalue weighted by Crippen LogP contribution is 2.37. The number of phenolic OH excluding ortho intramolecular Hbond substituents is 1. The number of rotatable bonds is 3. The van der Waals surface area contributed by atoms with Gasteiger partial charge >= 0.3 is 0 Å². The highest BCUT2D eigenvalue weighted by molar-refractivity contribution is 5.38. The Bertz CT molecular complexity index is 452. The predicted molar refractivity (Wildman–Crippen MR) is 80.0 cm³/mol. The van der Waals surface area contributed by atoms with Crippen LogP contribution in [0.5, 0.6) is 5.75 Å². The number of ether oxygens (including phenoxy) is 1. The Labute approximate surface area is 121 Å². The van der Waals surface area contributed by atoms with E-state index in [0.29, 0.717) is 17.9 Å². The van der Waals surface area contributed by atoms with E-state index in [-0.39, 0.29) is 0 Å². The number of hydrogen-bond acceptors (Lipinski definition) is 3. The van der Waals surface area contributed by atoms with E-state index >= 15 is 0 Å². The average Bonchev–Trinajstić information content (AvgIpc) is 2.47. The molecule has 0 spiro atoms. The summed E-state index contributed by atoms with van der Waals surface area (Å²) in [6.07, 6.45) is 6.34. The molecule has 1 aromatic carbocycles. The monoisotopic (exact) mass is 275 g/mol. The van der Waals surface area contributed by atoms with Crippen molar-refractivity contribution >= 4 is 0 Å². The second-order valence-corrected chi connectivity index (χ2v) is 5.98. The first-order valence-electron chi connectivity index (χ1n) is 7.95. The SMILES string of the molecule is CCOC1CCN(C2CCCc3cc(O)ccc32)CC1. The molecule has 1 unspecified atom stereocenters. The Morgan fingerprint density at radius 2 is 2.05 bits per heavy atom. The highest BCUT2D eigenvalue weighted by Gasteiger charge is 2.29. The predicted octanol–water partition coefficient (Wildman–Crippen LogP) is 3.27. The Morgan fingerprint density at radius 3 is 2.80 bits per heavy atom. The van der Waals surface area contributed by atoms with Crippen molar-refractivity contribution in [2.75, 3.05) is 19.7 Å². The minimum absolute atomic E-state index is 0.402. The van der Waals surface area contributed by atoms with Gasteiger partial charge in [-0.05, 0) is 62.3 Å².